The van der Waals surface area contributed by atoms with Crippen molar-refractivity contribution in [1.82, 2.24) is 0 Å². The largest absolute Gasteiger partial charge is 0.553 e. The van der Waals surface area contributed by atoms with Crippen LogP contribution in [0.25, 0.3) is 0 Å². The van der Waals surface area contributed by atoms with Crippen LogP contribution < -0.4 is 4.43 Å². The van der Waals surface area contributed by atoms with Gasteiger partial charge in [0.05, 0.1) is 5.88 Å². The summed E-state index contributed by atoms with van der Waals surface area (Å²) in [5.74, 6) is 1.94. The Hall–Kier alpha value is -0.183. The van der Waals surface area contributed by atoms with Gasteiger partial charge in [-0.05, 0) is 30.5 Å². The maximum absolute atomic E-state index is 5.88. The van der Waals surface area contributed by atoms with E-state index in [-0.39, 0.29) is 0 Å². The van der Waals surface area contributed by atoms with E-state index in [4.69, 9.17) is 27.6 Å². The van der Waals surface area contributed by atoms with E-state index in [1.54, 1.807) is 0 Å². The second kappa shape index (κ2) is 5.05. The Morgan fingerprint density at radius 1 is 1.29 bits per heavy atom. The zero-order valence-corrected chi connectivity index (χ0v) is 12.2. The number of hydrogen-bond donors (Lipinski definition) is 0. The minimum atomic E-state index is 0.488. The van der Waals surface area contributed by atoms with E-state index < -0.39 is 0 Å². The van der Waals surface area contributed by atoms with Crippen LogP contribution in [-0.4, -0.2) is 10.5 Å². The molecule has 0 N–H and O–H groups in total. The topological polar surface area (TPSA) is 9.23 Å². The monoisotopic (exact) mass is 248 g/mol. The molecule has 0 saturated carbocycles. The lowest BCUT2D eigenvalue weighted by atomic mass is 10.00. The van der Waals surface area contributed by atoms with Crippen molar-refractivity contribution in [3.63, 3.8) is 0 Å². The van der Waals surface area contributed by atoms with Gasteiger partial charge in [-0.3, -0.25) is 0 Å². The molecule has 0 spiro atoms. The Balaban J connectivity index is 3.39. The molecule has 1 aromatic rings. The molecule has 0 heterocycles. The summed E-state index contributed by atoms with van der Waals surface area (Å²) in [5, 5.41) is 0. The van der Waals surface area contributed by atoms with Gasteiger partial charge in [0.2, 0.25) is 10.5 Å². The molecule has 0 fully saturated rings. The van der Waals surface area contributed by atoms with E-state index in [1.807, 2.05) is 6.92 Å². The fourth-order valence-electron chi connectivity index (χ4n) is 1.68. The fourth-order valence-corrected chi connectivity index (χ4v) is 2.85. The highest BCUT2D eigenvalue weighted by molar-refractivity contribution is 6.18. The summed E-state index contributed by atoms with van der Waals surface area (Å²) in [4.78, 5) is 0. The lowest BCUT2D eigenvalue weighted by Crippen LogP contribution is -2.00. The summed E-state index contributed by atoms with van der Waals surface area (Å²) in [6.45, 7) is 4.09. The Bertz CT molecular complexity index is 339. The van der Waals surface area contributed by atoms with Gasteiger partial charge >= 0.3 is 0 Å². The van der Waals surface area contributed by atoms with E-state index in [9.17, 15) is 0 Å². The van der Waals surface area contributed by atoms with Crippen LogP contribution >= 0.6 is 23.2 Å². The van der Waals surface area contributed by atoms with Crippen molar-refractivity contribution < 1.29 is 4.43 Å². The highest BCUT2D eigenvalue weighted by atomic mass is 35.5. The highest BCUT2D eigenvalue weighted by Gasteiger charge is 2.11. The van der Waals surface area contributed by atoms with Gasteiger partial charge in [0, 0.05) is 11.4 Å². The fraction of sp³-hybridized carbons (Fsp3) is 0.400. The van der Waals surface area contributed by atoms with Gasteiger partial charge < -0.3 is 4.43 Å². The molecule has 4 heteroatoms. The number of benzene rings is 1. The molecule has 0 aliphatic rings. The molecule has 0 bridgehead atoms. The van der Waals surface area contributed by atoms with E-state index in [0.29, 0.717) is 22.2 Å². The summed E-state index contributed by atoms with van der Waals surface area (Å²) < 4.78 is 5.46. The normalized spacial score (nSPS) is 10.6. The lowest BCUT2D eigenvalue weighted by Gasteiger charge is -2.15. The molecule has 1 rings (SSSR count). The van der Waals surface area contributed by atoms with Gasteiger partial charge in [-0.25, -0.2) is 0 Å². The van der Waals surface area contributed by atoms with Crippen molar-refractivity contribution >= 4 is 33.7 Å². The Kier molecular flexibility index (Phi) is 4.29. The first-order chi connectivity index (χ1) is 6.65. The van der Waals surface area contributed by atoms with Crippen LogP contribution in [-0.2, 0) is 11.8 Å². The van der Waals surface area contributed by atoms with Crippen LogP contribution in [0.5, 0.6) is 5.75 Å². The average Bonchev–Trinajstić information content (AvgIpc) is 2.17. The SMILES string of the molecule is Cc1cc(CCl)c(O[SiH3])c(C)c1CCl. The molecule has 0 saturated heterocycles. The minimum Gasteiger partial charge on any atom is -0.553 e. The molecule has 0 unspecified atom stereocenters. The quantitative estimate of drug-likeness (QED) is 0.590. The molecule has 0 aliphatic carbocycles. The molecule has 1 aromatic carbocycles. The number of halogens is 2. The van der Waals surface area contributed by atoms with Crippen molar-refractivity contribution in [1.29, 1.82) is 0 Å². The molecule has 0 radical (unpaired) electrons. The number of alkyl halides is 2. The van der Waals surface area contributed by atoms with Crippen LogP contribution in [0.2, 0.25) is 0 Å². The zero-order valence-electron chi connectivity index (χ0n) is 8.66. The predicted molar refractivity (Wildman–Crippen MR) is 65.6 cm³/mol. The molecule has 0 amide bonds. The van der Waals surface area contributed by atoms with E-state index >= 15 is 0 Å². The zero-order chi connectivity index (χ0) is 10.7. The van der Waals surface area contributed by atoms with E-state index in [1.165, 1.54) is 5.56 Å². The maximum atomic E-state index is 5.88. The van der Waals surface area contributed by atoms with Crippen molar-refractivity contribution in [2.24, 2.45) is 0 Å². The third-order valence-corrected chi connectivity index (χ3v) is 3.40. The van der Waals surface area contributed by atoms with Crippen molar-refractivity contribution in [3.05, 3.63) is 28.3 Å². The van der Waals surface area contributed by atoms with E-state index in [0.717, 1.165) is 22.4 Å². The Morgan fingerprint density at radius 3 is 2.36 bits per heavy atom. The predicted octanol–water partition coefficient (Wildman–Crippen LogP) is 2.44. The molecule has 0 atom stereocenters. The van der Waals surface area contributed by atoms with Crippen molar-refractivity contribution in [2.75, 3.05) is 0 Å². The first kappa shape index (κ1) is 11.9. The van der Waals surface area contributed by atoms with Crippen LogP contribution in [0, 0.1) is 13.8 Å². The molecular formula is C10H14Cl2OSi. The highest BCUT2D eigenvalue weighted by Crippen LogP contribution is 2.31. The van der Waals surface area contributed by atoms with E-state index in [2.05, 4.69) is 13.0 Å². The summed E-state index contributed by atoms with van der Waals surface area (Å²) >= 11 is 11.7. The van der Waals surface area contributed by atoms with Gasteiger partial charge in [-0.2, -0.15) is 0 Å². The molecule has 1 nitrogen and oxygen atoms in total. The standard InChI is InChI=1S/C10H14Cl2OSi/c1-6-3-8(4-11)10(13-14)7(2)9(6)5-12/h3H,4-5H2,1-2,14H3. The smallest absolute Gasteiger partial charge is 0.204 e. The second-order valence-corrected chi connectivity index (χ2v) is 4.20. The second-order valence-electron chi connectivity index (χ2n) is 3.26. The third-order valence-electron chi connectivity index (χ3n) is 2.43. The molecule has 0 aromatic heterocycles. The molecule has 14 heavy (non-hydrogen) atoms. The maximum Gasteiger partial charge on any atom is 0.204 e. The van der Waals surface area contributed by atoms with Gasteiger partial charge in [-0.1, -0.05) is 6.07 Å². The summed E-state index contributed by atoms with van der Waals surface area (Å²) in [6, 6.07) is 2.06. The summed E-state index contributed by atoms with van der Waals surface area (Å²) in [5.41, 5.74) is 4.54. The number of rotatable bonds is 3. The molecule has 0 aliphatic heterocycles. The number of hydrogen-bond acceptors (Lipinski definition) is 1. The average molecular weight is 249 g/mol. The van der Waals surface area contributed by atoms with Crippen LogP contribution in [0.15, 0.2) is 6.07 Å². The van der Waals surface area contributed by atoms with Crippen molar-refractivity contribution in [3.8, 4) is 5.75 Å². The van der Waals surface area contributed by atoms with Crippen LogP contribution in [0.3, 0.4) is 0 Å². The van der Waals surface area contributed by atoms with Crippen molar-refractivity contribution in [2.45, 2.75) is 25.6 Å². The molecule has 78 valence electrons. The molecular weight excluding hydrogens is 235 g/mol. The van der Waals surface area contributed by atoms with Crippen LogP contribution in [0.1, 0.15) is 22.3 Å². The summed E-state index contributed by atoms with van der Waals surface area (Å²) in [6.07, 6.45) is 0. The summed E-state index contributed by atoms with van der Waals surface area (Å²) in [7, 11) is 0.675. The minimum absolute atomic E-state index is 0.488. The Labute approximate surface area is 97.9 Å². The third kappa shape index (κ3) is 2.07. The van der Waals surface area contributed by atoms with Crippen LogP contribution in [0.4, 0.5) is 0 Å². The first-order valence-corrected chi connectivity index (χ1v) is 6.32. The lowest BCUT2D eigenvalue weighted by molar-refractivity contribution is 0.602. The Morgan fingerprint density at radius 2 is 1.93 bits per heavy atom. The van der Waals surface area contributed by atoms with Gasteiger partial charge in [0.1, 0.15) is 5.75 Å². The number of aryl methyl sites for hydroxylation is 1. The van der Waals surface area contributed by atoms with Gasteiger partial charge in [0.15, 0.2) is 0 Å². The first-order valence-electron chi connectivity index (χ1n) is 4.43. The van der Waals surface area contributed by atoms with Gasteiger partial charge in [-0.15, -0.1) is 23.2 Å². The van der Waals surface area contributed by atoms with Gasteiger partial charge in [0.25, 0.3) is 0 Å².